The molecule has 0 aliphatic heterocycles. The number of hydrogen-bond donors (Lipinski definition) is 2. The minimum Gasteiger partial charge on any atom is -0.369 e. The third kappa shape index (κ3) is 4.56. The summed E-state index contributed by atoms with van der Waals surface area (Å²) in [5, 5.41) is 5.96. The first-order chi connectivity index (χ1) is 10.2. The Bertz CT molecular complexity index is 595. The van der Waals surface area contributed by atoms with E-state index in [1.807, 2.05) is 31.2 Å². The molecule has 2 N–H and O–H groups in total. The van der Waals surface area contributed by atoms with Gasteiger partial charge in [-0.3, -0.25) is 4.79 Å². The minimum absolute atomic E-state index is 0.217. The van der Waals surface area contributed by atoms with Gasteiger partial charge in [-0.05, 0) is 18.9 Å². The second-order valence-corrected chi connectivity index (χ2v) is 4.89. The zero-order valence-corrected chi connectivity index (χ0v) is 12.4. The lowest BCUT2D eigenvalue weighted by molar-refractivity contribution is 0.0945. The van der Waals surface area contributed by atoms with E-state index >= 15 is 0 Å². The summed E-state index contributed by atoms with van der Waals surface area (Å²) >= 11 is 0. The molecule has 0 aliphatic rings. The van der Waals surface area contributed by atoms with Crippen LogP contribution >= 0.6 is 0 Å². The Morgan fingerprint density at radius 1 is 1.24 bits per heavy atom. The van der Waals surface area contributed by atoms with Crippen LogP contribution in [0.1, 0.15) is 35.0 Å². The molecule has 1 amide bonds. The molecular weight excluding hydrogens is 264 g/mol. The van der Waals surface area contributed by atoms with E-state index in [1.165, 1.54) is 11.8 Å². The van der Waals surface area contributed by atoms with Crippen LogP contribution < -0.4 is 10.6 Å². The molecule has 5 nitrogen and oxygen atoms in total. The first kappa shape index (κ1) is 15.0. The van der Waals surface area contributed by atoms with Crippen molar-refractivity contribution in [3.63, 3.8) is 0 Å². The first-order valence-corrected chi connectivity index (χ1v) is 7.08. The van der Waals surface area contributed by atoms with Gasteiger partial charge in [0.25, 0.3) is 5.91 Å². The fourth-order valence-corrected chi connectivity index (χ4v) is 1.88. The van der Waals surface area contributed by atoms with Gasteiger partial charge < -0.3 is 10.6 Å². The summed E-state index contributed by atoms with van der Waals surface area (Å²) in [6.07, 6.45) is 4.08. The molecule has 110 valence electrons. The molecule has 0 atom stereocenters. The van der Waals surface area contributed by atoms with Gasteiger partial charge in [0, 0.05) is 13.1 Å². The number of amides is 1. The van der Waals surface area contributed by atoms with Crippen LogP contribution in [0.5, 0.6) is 0 Å². The number of nitrogens with zero attached hydrogens (tertiary/aromatic N) is 2. The maximum Gasteiger partial charge on any atom is 0.271 e. The topological polar surface area (TPSA) is 66.9 Å². The van der Waals surface area contributed by atoms with E-state index in [1.54, 1.807) is 6.20 Å². The van der Waals surface area contributed by atoms with Crippen molar-refractivity contribution in [2.45, 2.75) is 26.8 Å². The van der Waals surface area contributed by atoms with Crippen molar-refractivity contribution in [2.24, 2.45) is 0 Å². The molecule has 1 aromatic carbocycles. The highest BCUT2D eigenvalue weighted by Gasteiger charge is 2.07. The number of nitrogens with one attached hydrogen (secondary N) is 2. The average molecular weight is 284 g/mol. The number of benzene rings is 1. The molecule has 0 aliphatic carbocycles. The van der Waals surface area contributed by atoms with Gasteiger partial charge in [0.05, 0.1) is 12.4 Å². The highest BCUT2D eigenvalue weighted by Crippen LogP contribution is 2.05. The third-order valence-electron chi connectivity index (χ3n) is 2.98. The zero-order valence-electron chi connectivity index (χ0n) is 12.4. The van der Waals surface area contributed by atoms with Crippen LogP contribution in [0.2, 0.25) is 0 Å². The SMILES string of the molecule is CCCNc1cnc(C(=O)NCc2cccc(C)c2)cn1. The van der Waals surface area contributed by atoms with Crippen LogP contribution in [0.15, 0.2) is 36.7 Å². The van der Waals surface area contributed by atoms with Gasteiger partial charge in [-0.1, -0.05) is 36.8 Å². The molecule has 0 radical (unpaired) electrons. The quantitative estimate of drug-likeness (QED) is 0.855. The number of hydrogen-bond acceptors (Lipinski definition) is 4. The second-order valence-electron chi connectivity index (χ2n) is 4.89. The Kier molecular flexibility index (Phi) is 5.26. The normalized spacial score (nSPS) is 10.2. The van der Waals surface area contributed by atoms with E-state index in [4.69, 9.17) is 0 Å². The van der Waals surface area contributed by atoms with Crippen molar-refractivity contribution in [1.29, 1.82) is 0 Å². The molecule has 2 aromatic rings. The first-order valence-electron chi connectivity index (χ1n) is 7.08. The molecule has 2 rings (SSSR count). The fraction of sp³-hybridized carbons (Fsp3) is 0.312. The van der Waals surface area contributed by atoms with Crippen LogP contribution in [-0.2, 0) is 6.54 Å². The van der Waals surface area contributed by atoms with Crippen LogP contribution in [0, 0.1) is 6.92 Å². The van der Waals surface area contributed by atoms with E-state index in [-0.39, 0.29) is 5.91 Å². The lowest BCUT2D eigenvalue weighted by atomic mass is 10.1. The van der Waals surface area contributed by atoms with Crippen molar-refractivity contribution in [3.8, 4) is 0 Å². The van der Waals surface area contributed by atoms with Crippen LogP contribution in [0.25, 0.3) is 0 Å². The van der Waals surface area contributed by atoms with Crippen LogP contribution in [0.4, 0.5) is 5.82 Å². The number of carbonyl (C=O) groups is 1. The Hall–Kier alpha value is -2.43. The van der Waals surface area contributed by atoms with Gasteiger partial charge in [0.15, 0.2) is 0 Å². The van der Waals surface area contributed by atoms with E-state index < -0.39 is 0 Å². The molecule has 0 saturated carbocycles. The number of aryl methyl sites for hydroxylation is 1. The van der Waals surface area contributed by atoms with Gasteiger partial charge in [-0.25, -0.2) is 9.97 Å². The predicted molar refractivity (Wildman–Crippen MR) is 83.2 cm³/mol. The molecule has 0 bridgehead atoms. The fourth-order valence-electron chi connectivity index (χ4n) is 1.88. The number of anilines is 1. The highest BCUT2D eigenvalue weighted by atomic mass is 16.1. The van der Waals surface area contributed by atoms with Crippen molar-refractivity contribution in [2.75, 3.05) is 11.9 Å². The molecule has 0 unspecified atom stereocenters. The van der Waals surface area contributed by atoms with E-state index in [0.29, 0.717) is 18.1 Å². The number of aromatic nitrogens is 2. The maximum absolute atomic E-state index is 12.0. The molecule has 0 saturated heterocycles. The average Bonchev–Trinajstić information content (AvgIpc) is 2.51. The van der Waals surface area contributed by atoms with Gasteiger partial charge in [0.1, 0.15) is 11.5 Å². The van der Waals surface area contributed by atoms with Gasteiger partial charge in [-0.15, -0.1) is 0 Å². The molecule has 21 heavy (non-hydrogen) atoms. The molecule has 0 spiro atoms. The van der Waals surface area contributed by atoms with Crippen molar-refractivity contribution < 1.29 is 4.79 Å². The molecular formula is C16H20N4O. The lowest BCUT2D eigenvalue weighted by Crippen LogP contribution is -2.24. The minimum atomic E-state index is -0.217. The smallest absolute Gasteiger partial charge is 0.271 e. The molecule has 1 aromatic heterocycles. The molecule has 5 heteroatoms. The van der Waals surface area contributed by atoms with E-state index in [9.17, 15) is 4.79 Å². The maximum atomic E-state index is 12.0. The van der Waals surface area contributed by atoms with E-state index in [2.05, 4.69) is 27.5 Å². The molecule has 0 fully saturated rings. The Morgan fingerprint density at radius 3 is 2.76 bits per heavy atom. The lowest BCUT2D eigenvalue weighted by Gasteiger charge is -2.06. The van der Waals surface area contributed by atoms with Crippen LogP contribution in [-0.4, -0.2) is 22.4 Å². The van der Waals surface area contributed by atoms with Crippen molar-refractivity contribution in [1.82, 2.24) is 15.3 Å². The third-order valence-corrected chi connectivity index (χ3v) is 2.98. The summed E-state index contributed by atoms with van der Waals surface area (Å²) < 4.78 is 0. The summed E-state index contributed by atoms with van der Waals surface area (Å²) in [5.41, 5.74) is 2.56. The summed E-state index contributed by atoms with van der Waals surface area (Å²) in [6.45, 7) is 5.43. The Balaban J connectivity index is 1.91. The number of rotatable bonds is 6. The largest absolute Gasteiger partial charge is 0.369 e. The summed E-state index contributed by atoms with van der Waals surface area (Å²) in [7, 11) is 0. The van der Waals surface area contributed by atoms with Crippen molar-refractivity contribution in [3.05, 3.63) is 53.5 Å². The Morgan fingerprint density at radius 2 is 2.10 bits per heavy atom. The standard InChI is InChI=1S/C16H20N4O/c1-3-7-17-15-11-18-14(10-19-15)16(21)20-9-13-6-4-5-12(2)8-13/h4-6,8,10-11H,3,7,9H2,1-2H3,(H,17,19)(H,20,21). The monoisotopic (exact) mass is 284 g/mol. The predicted octanol–water partition coefficient (Wildman–Crippen LogP) is 2.54. The zero-order chi connectivity index (χ0) is 15.1. The van der Waals surface area contributed by atoms with Gasteiger partial charge in [-0.2, -0.15) is 0 Å². The summed E-state index contributed by atoms with van der Waals surface area (Å²) in [6, 6.07) is 8.03. The van der Waals surface area contributed by atoms with Gasteiger partial charge in [0.2, 0.25) is 0 Å². The number of carbonyl (C=O) groups excluding carboxylic acids is 1. The molecule has 1 heterocycles. The van der Waals surface area contributed by atoms with Crippen LogP contribution in [0.3, 0.4) is 0 Å². The highest BCUT2D eigenvalue weighted by molar-refractivity contribution is 5.91. The van der Waals surface area contributed by atoms with E-state index in [0.717, 1.165) is 18.5 Å². The second kappa shape index (κ2) is 7.38. The summed E-state index contributed by atoms with van der Waals surface area (Å²) in [4.78, 5) is 20.3. The van der Waals surface area contributed by atoms with Gasteiger partial charge >= 0.3 is 0 Å². The Labute approximate surface area is 124 Å². The van der Waals surface area contributed by atoms with Crippen molar-refractivity contribution >= 4 is 11.7 Å². The summed E-state index contributed by atoms with van der Waals surface area (Å²) in [5.74, 6) is 0.470.